The number of carbonyl (C=O) groups excluding carboxylic acids is 1. The molecule has 6 heteroatoms. The van der Waals surface area contributed by atoms with Crippen LogP contribution in [0.2, 0.25) is 0 Å². The molecule has 1 unspecified atom stereocenters. The van der Waals surface area contributed by atoms with Crippen LogP contribution in [0.1, 0.15) is 55.2 Å². The van der Waals surface area contributed by atoms with Gasteiger partial charge in [-0.2, -0.15) is 5.10 Å². The standard InChI is InChI=1S/C19H25N3O3/c1-5-17-16(10-20-22(17)11-12(2)3)18(23)21-15-8-6-7-14(9-15)13(4)19(24)25/h6-10,12-13H,5,11H2,1-4H3,(H,21,23)(H,24,25). The van der Waals surface area contributed by atoms with Crippen LogP contribution in [-0.4, -0.2) is 26.8 Å². The van der Waals surface area contributed by atoms with Crippen molar-refractivity contribution in [3.8, 4) is 0 Å². The van der Waals surface area contributed by atoms with E-state index < -0.39 is 11.9 Å². The monoisotopic (exact) mass is 343 g/mol. The van der Waals surface area contributed by atoms with Gasteiger partial charge < -0.3 is 10.4 Å². The number of anilines is 1. The van der Waals surface area contributed by atoms with E-state index >= 15 is 0 Å². The number of rotatable bonds is 7. The Hall–Kier alpha value is -2.63. The highest BCUT2D eigenvalue weighted by atomic mass is 16.4. The number of nitrogens with one attached hydrogen (secondary N) is 1. The second-order valence-electron chi connectivity index (χ2n) is 6.57. The fourth-order valence-electron chi connectivity index (χ4n) is 2.70. The number of nitrogens with zero attached hydrogens (tertiary/aromatic N) is 2. The first-order chi connectivity index (χ1) is 11.8. The number of aromatic nitrogens is 2. The van der Waals surface area contributed by atoms with Crippen LogP contribution in [0.3, 0.4) is 0 Å². The van der Waals surface area contributed by atoms with Gasteiger partial charge in [-0.1, -0.05) is 32.9 Å². The van der Waals surface area contributed by atoms with Gasteiger partial charge in [0, 0.05) is 12.2 Å². The summed E-state index contributed by atoms with van der Waals surface area (Å²) >= 11 is 0. The van der Waals surface area contributed by atoms with E-state index in [0.717, 1.165) is 12.2 Å². The smallest absolute Gasteiger partial charge is 0.310 e. The quantitative estimate of drug-likeness (QED) is 0.805. The van der Waals surface area contributed by atoms with Crippen LogP contribution in [0.5, 0.6) is 0 Å². The Morgan fingerprint density at radius 1 is 1.28 bits per heavy atom. The summed E-state index contributed by atoms with van der Waals surface area (Å²) in [5.74, 6) is -1.31. The Morgan fingerprint density at radius 3 is 2.60 bits per heavy atom. The van der Waals surface area contributed by atoms with Gasteiger partial charge in [-0.3, -0.25) is 14.3 Å². The summed E-state index contributed by atoms with van der Waals surface area (Å²) in [7, 11) is 0. The van der Waals surface area contributed by atoms with Crippen molar-refractivity contribution in [2.75, 3.05) is 5.32 Å². The third kappa shape index (κ3) is 4.47. The molecule has 0 aliphatic carbocycles. The van der Waals surface area contributed by atoms with Crippen LogP contribution >= 0.6 is 0 Å². The van der Waals surface area contributed by atoms with Crippen LogP contribution < -0.4 is 5.32 Å². The minimum absolute atomic E-state index is 0.230. The number of amides is 1. The van der Waals surface area contributed by atoms with Crippen LogP contribution in [0.4, 0.5) is 5.69 Å². The molecule has 0 spiro atoms. The molecule has 0 fully saturated rings. The van der Waals surface area contributed by atoms with Gasteiger partial charge in [-0.25, -0.2) is 0 Å². The summed E-state index contributed by atoms with van der Waals surface area (Å²) in [5.41, 5.74) is 2.69. The Bertz CT molecular complexity index is 765. The van der Waals surface area contributed by atoms with Gasteiger partial charge in [0.15, 0.2) is 0 Å². The molecular weight excluding hydrogens is 318 g/mol. The summed E-state index contributed by atoms with van der Waals surface area (Å²) in [6.07, 6.45) is 2.31. The molecule has 0 bridgehead atoms. The number of carboxylic acid groups (broad SMARTS) is 1. The summed E-state index contributed by atoms with van der Waals surface area (Å²) in [4.78, 5) is 23.8. The van der Waals surface area contributed by atoms with Crippen molar-refractivity contribution in [1.29, 1.82) is 0 Å². The maximum Gasteiger partial charge on any atom is 0.310 e. The van der Waals surface area contributed by atoms with Crippen LogP contribution in [0.25, 0.3) is 0 Å². The molecule has 134 valence electrons. The molecule has 0 aliphatic heterocycles. The zero-order chi connectivity index (χ0) is 18.6. The lowest BCUT2D eigenvalue weighted by atomic mass is 10.0. The first kappa shape index (κ1) is 18.7. The molecule has 0 aliphatic rings. The third-order valence-corrected chi connectivity index (χ3v) is 4.08. The lowest BCUT2D eigenvalue weighted by molar-refractivity contribution is -0.138. The molecule has 2 N–H and O–H groups in total. The van der Waals surface area contributed by atoms with Gasteiger partial charge >= 0.3 is 5.97 Å². The van der Waals surface area contributed by atoms with E-state index in [4.69, 9.17) is 5.11 Å². The molecule has 1 amide bonds. The van der Waals surface area contributed by atoms with Gasteiger partial charge in [-0.15, -0.1) is 0 Å². The van der Waals surface area contributed by atoms with E-state index in [2.05, 4.69) is 24.3 Å². The summed E-state index contributed by atoms with van der Waals surface area (Å²) in [6, 6.07) is 6.93. The second kappa shape index (κ2) is 7.96. The molecule has 0 saturated carbocycles. The third-order valence-electron chi connectivity index (χ3n) is 4.08. The van der Waals surface area contributed by atoms with E-state index in [9.17, 15) is 9.59 Å². The fraction of sp³-hybridized carbons (Fsp3) is 0.421. The molecule has 25 heavy (non-hydrogen) atoms. The van der Waals surface area contributed by atoms with E-state index in [-0.39, 0.29) is 5.91 Å². The molecule has 0 saturated heterocycles. The lowest BCUT2D eigenvalue weighted by Crippen LogP contribution is -2.16. The predicted molar refractivity (Wildman–Crippen MR) is 96.9 cm³/mol. The van der Waals surface area contributed by atoms with Gasteiger partial charge in [0.05, 0.1) is 23.4 Å². The average molecular weight is 343 g/mol. The summed E-state index contributed by atoms with van der Waals surface area (Å²) in [6.45, 7) is 8.60. The zero-order valence-electron chi connectivity index (χ0n) is 15.1. The summed E-state index contributed by atoms with van der Waals surface area (Å²) in [5, 5.41) is 16.3. The molecule has 1 atom stereocenters. The second-order valence-corrected chi connectivity index (χ2v) is 6.57. The van der Waals surface area contributed by atoms with E-state index in [1.165, 1.54) is 0 Å². The zero-order valence-corrected chi connectivity index (χ0v) is 15.1. The van der Waals surface area contributed by atoms with Crippen LogP contribution in [0, 0.1) is 5.92 Å². The van der Waals surface area contributed by atoms with Crippen molar-refractivity contribution in [2.24, 2.45) is 5.92 Å². The number of carbonyl (C=O) groups is 2. The maximum absolute atomic E-state index is 12.6. The van der Waals surface area contributed by atoms with Gasteiger partial charge in [-0.05, 0) is 37.0 Å². The number of hydrogen-bond acceptors (Lipinski definition) is 3. The summed E-state index contributed by atoms with van der Waals surface area (Å²) < 4.78 is 1.88. The molecule has 1 heterocycles. The molecule has 1 aromatic heterocycles. The van der Waals surface area contributed by atoms with E-state index in [1.807, 2.05) is 11.6 Å². The molecule has 2 aromatic rings. The highest BCUT2D eigenvalue weighted by Crippen LogP contribution is 2.21. The average Bonchev–Trinajstić information content (AvgIpc) is 2.96. The Morgan fingerprint density at radius 2 is 2.00 bits per heavy atom. The lowest BCUT2D eigenvalue weighted by Gasteiger charge is -2.11. The molecule has 6 nitrogen and oxygen atoms in total. The van der Waals surface area contributed by atoms with Crippen LogP contribution in [-0.2, 0) is 17.8 Å². The van der Waals surface area contributed by atoms with E-state index in [0.29, 0.717) is 29.2 Å². The van der Waals surface area contributed by atoms with Crippen molar-refractivity contribution < 1.29 is 14.7 Å². The Labute approximate surface area is 147 Å². The topological polar surface area (TPSA) is 84.2 Å². The van der Waals surface area contributed by atoms with Crippen molar-refractivity contribution in [2.45, 2.75) is 46.6 Å². The molecular formula is C19H25N3O3. The number of benzene rings is 1. The Kier molecular flexibility index (Phi) is 5.96. The normalized spacial score (nSPS) is 12.2. The van der Waals surface area contributed by atoms with Gasteiger partial charge in [0.2, 0.25) is 0 Å². The first-order valence-electron chi connectivity index (χ1n) is 8.52. The highest BCUT2D eigenvalue weighted by Gasteiger charge is 2.18. The highest BCUT2D eigenvalue weighted by molar-refractivity contribution is 6.05. The fourth-order valence-corrected chi connectivity index (χ4v) is 2.70. The van der Waals surface area contributed by atoms with Crippen molar-refractivity contribution >= 4 is 17.6 Å². The number of hydrogen-bond donors (Lipinski definition) is 2. The van der Waals surface area contributed by atoms with Crippen molar-refractivity contribution in [3.63, 3.8) is 0 Å². The first-order valence-corrected chi connectivity index (χ1v) is 8.52. The minimum atomic E-state index is -0.897. The Balaban J connectivity index is 2.21. The largest absolute Gasteiger partial charge is 0.481 e. The van der Waals surface area contributed by atoms with Crippen LogP contribution in [0.15, 0.2) is 30.5 Å². The van der Waals surface area contributed by atoms with Gasteiger partial charge in [0.1, 0.15) is 0 Å². The molecule has 2 rings (SSSR count). The SMILES string of the molecule is CCc1c(C(=O)Nc2cccc(C(C)C(=O)O)c2)cnn1CC(C)C. The molecule has 1 aromatic carbocycles. The van der Waals surface area contributed by atoms with Gasteiger partial charge in [0.25, 0.3) is 5.91 Å². The van der Waals surface area contributed by atoms with Crippen molar-refractivity contribution in [1.82, 2.24) is 9.78 Å². The number of aliphatic carboxylic acids is 1. The van der Waals surface area contributed by atoms with Crippen molar-refractivity contribution in [3.05, 3.63) is 47.3 Å². The molecule has 0 radical (unpaired) electrons. The van der Waals surface area contributed by atoms with E-state index in [1.54, 1.807) is 37.4 Å². The maximum atomic E-state index is 12.6. The minimum Gasteiger partial charge on any atom is -0.481 e. The predicted octanol–water partition coefficient (Wildman–Crippen LogP) is 3.54. The number of carboxylic acids is 1.